The molecule has 3 aromatic rings. The fourth-order valence-electron chi connectivity index (χ4n) is 2.14. The molecule has 26 heavy (non-hydrogen) atoms. The van der Waals surface area contributed by atoms with Gasteiger partial charge in [-0.3, -0.25) is 0 Å². The number of aryl methyl sites for hydroxylation is 1. The molecule has 0 aliphatic heterocycles. The van der Waals surface area contributed by atoms with Crippen LogP contribution in [-0.4, -0.2) is 21.6 Å². The lowest BCUT2D eigenvalue weighted by Crippen LogP contribution is -2.05. The Morgan fingerprint density at radius 1 is 1.12 bits per heavy atom. The van der Waals surface area contributed by atoms with Gasteiger partial charge in [-0.05, 0) is 23.3 Å². The van der Waals surface area contributed by atoms with Gasteiger partial charge < -0.3 is 10.2 Å². The molecule has 0 atom stereocenters. The molecule has 3 rings (SSSR count). The van der Waals surface area contributed by atoms with Crippen LogP contribution in [0.15, 0.2) is 69.2 Å². The standard InChI is InChI=1S/C19H19N5OS/c1-2-17-22-23-18(25-17)16-10-8-14(9-11-16)12-21-24-19(20)26-13-15-6-4-3-5-7-15/h3-12H,2,13H2,1H3,(H2,20,24). The minimum Gasteiger partial charge on any atom is -0.421 e. The van der Waals surface area contributed by atoms with E-state index in [4.69, 9.17) is 10.2 Å². The average molecular weight is 365 g/mol. The van der Waals surface area contributed by atoms with Crippen molar-refractivity contribution in [3.05, 3.63) is 71.6 Å². The van der Waals surface area contributed by atoms with Gasteiger partial charge in [0.25, 0.3) is 0 Å². The first-order valence-electron chi connectivity index (χ1n) is 8.20. The van der Waals surface area contributed by atoms with Gasteiger partial charge >= 0.3 is 0 Å². The van der Waals surface area contributed by atoms with E-state index < -0.39 is 0 Å². The number of nitrogens with two attached hydrogens (primary N) is 1. The zero-order valence-electron chi connectivity index (χ0n) is 14.4. The van der Waals surface area contributed by atoms with Crippen molar-refractivity contribution in [1.29, 1.82) is 0 Å². The molecule has 0 unspecified atom stereocenters. The summed E-state index contributed by atoms with van der Waals surface area (Å²) in [6, 6.07) is 17.7. The molecule has 0 saturated heterocycles. The number of benzene rings is 2. The molecule has 6 nitrogen and oxygen atoms in total. The van der Waals surface area contributed by atoms with Crippen LogP contribution in [0.3, 0.4) is 0 Å². The van der Waals surface area contributed by atoms with Crippen molar-refractivity contribution in [2.24, 2.45) is 15.9 Å². The highest BCUT2D eigenvalue weighted by Crippen LogP contribution is 2.18. The molecule has 0 bridgehead atoms. The number of hydrogen-bond donors (Lipinski definition) is 1. The van der Waals surface area contributed by atoms with Gasteiger partial charge in [-0.2, -0.15) is 5.10 Å². The first kappa shape index (κ1) is 17.9. The Kier molecular flexibility index (Phi) is 6.16. The van der Waals surface area contributed by atoms with Crippen LogP contribution in [0.5, 0.6) is 0 Å². The van der Waals surface area contributed by atoms with Crippen LogP contribution < -0.4 is 5.73 Å². The number of hydrogen-bond acceptors (Lipinski definition) is 6. The minimum absolute atomic E-state index is 0.430. The van der Waals surface area contributed by atoms with Crippen molar-refractivity contribution in [3.8, 4) is 11.5 Å². The predicted molar refractivity (Wildman–Crippen MR) is 106 cm³/mol. The Morgan fingerprint density at radius 2 is 1.88 bits per heavy atom. The van der Waals surface area contributed by atoms with Crippen LogP contribution in [0, 0.1) is 0 Å². The molecule has 0 fully saturated rings. The lowest BCUT2D eigenvalue weighted by molar-refractivity contribution is 0.513. The first-order chi connectivity index (χ1) is 12.7. The van der Waals surface area contributed by atoms with E-state index >= 15 is 0 Å². The van der Waals surface area contributed by atoms with Crippen molar-refractivity contribution < 1.29 is 4.42 Å². The summed E-state index contributed by atoms with van der Waals surface area (Å²) >= 11 is 1.46. The molecule has 0 aliphatic carbocycles. The SMILES string of the molecule is CCc1nnc(-c2ccc(C=NN=C(N)SCc3ccccc3)cc2)o1. The maximum Gasteiger partial charge on any atom is 0.247 e. The van der Waals surface area contributed by atoms with E-state index in [0.717, 1.165) is 23.3 Å². The Hall–Kier alpha value is -2.93. The zero-order valence-corrected chi connectivity index (χ0v) is 15.2. The zero-order chi connectivity index (χ0) is 18.2. The second kappa shape index (κ2) is 8.96. The summed E-state index contributed by atoms with van der Waals surface area (Å²) in [5.41, 5.74) is 8.85. The number of amidine groups is 1. The van der Waals surface area contributed by atoms with Gasteiger partial charge in [0.1, 0.15) is 0 Å². The number of rotatable bonds is 6. The second-order valence-electron chi connectivity index (χ2n) is 5.43. The van der Waals surface area contributed by atoms with E-state index in [0.29, 0.717) is 16.9 Å². The molecule has 0 radical (unpaired) electrons. The molecule has 132 valence electrons. The third-order valence-corrected chi connectivity index (χ3v) is 4.37. The van der Waals surface area contributed by atoms with E-state index in [1.807, 2.05) is 49.4 Å². The van der Waals surface area contributed by atoms with Crippen LogP contribution in [0.25, 0.3) is 11.5 Å². The fraction of sp³-hybridized carbons (Fsp3) is 0.158. The van der Waals surface area contributed by atoms with E-state index in [-0.39, 0.29) is 0 Å². The van der Waals surface area contributed by atoms with Crippen LogP contribution in [0.2, 0.25) is 0 Å². The Labute approximate surface area is 156 Å². The smallest absolute Gasteiger partial charge is 0.247 e. The molecule has 1 heterocycles. The summed E-state index contributed by atoms with van der Waals surface area (Å²) in [6.45, 7) is 1.97. The lowest BCUT2D eigenvalue weighted by atomic mass is 10.1. The van der Waals surface area contributed by atoms with Gasteiger partial charge in [0, 0.05) is 17.7 Å². The Bertz CT molecular complexity index is 888. The predicted octanol–water partition coefficient (Wildman–Crippen LogP) is 3.88. The fourth-order valence-corrected chi connectivity index (χ4v) is 2.75. The first-order valence-corrected chi connectivity index (χ1v) is 9.19. The van der Waals surface area contributed by atoms with Gasteiger partial charge in [0.15, 0.2) is 5.17 Å². The van der Waals surface area contributed by atoms with Crippen LogP contribution in [0.1, 0.15) is 23.9 Å². The molecule has 7 heteroatoms. The summed E-state index contributed by atoms with van der Waals surface area (Å²) in [5, 5.41) is 16.5. The molecule has 0 aliphatic rings. The maximum absolute atomic E-state index is 5.87. The Balaban J connectivity index is 1.56. The summed E-state index contributed by atoms with van der Waals surface area (Å²) < 4.78 is 5.54. The van der Waals surface area contributed by atoms with Crippen molar-refractivity contribution in [2.75, 3.05) is 0 Å². The number of nitrogens with zero attached hydrogens (tertiary/aromatic N) is 4. The minimum atomic E-state index is 0.430. The summed E-state index contributed by atoms with van der Waals surface area (Å²) in [6.07, 6.45) is 2.38. The molecular formula is C19H19N5OS. The van der Waals surface area contributed by atoms with Crippen LogP contribution in [-0.2, 0) is 12.2 Å². The summed E-state index contributed by atoms with van der Waals surface area (Å²) in [4.78, 5) is 0. The highest BCUT2D eigenvalue weighted by atomic mass is 32.2. The molecule has 1 aromatic heterocycles. The van der Waals surface area contributed by atoms with Crippen molar-refractivity contribution in [2.45, 2.75) is 19.1 Å². The largest absolute Gasteiger partial charge is 0.421 e. The maximum atomic E-state index is 5.87. The second-order valence-corrected chi connectivity index (χ2v) is 6.43. The molecule has 0 amide bonds. The molecule has 2 aromatic carbocycles. The van der Waals surface area contributed by atoms with E-state index in [1.54, 1.807) is 6.21 Å². The van der Waals surface area contributed by atoms with Gasteiger partial charge in [-0.1, -0.05) is 61.2 Å². The van der Waals surface area contributed by atoms with Gasteiger partial charge in [-0.15, -0.1) is 15.3 Å². The van der Waals surface area contributed by atoms with Gasteiger partial charge in [0.05, 0.1) is 6.21 Å². The third kappa shape index (κ3) is 5.03. The number of thioether (sulfide) groups is 1. The average Bonchev–Trinajstić information content (AvgIpc) is 3.17. The monoisotopic (exact) mass is 365 g/mol. The van der Waals surface area contributed by atoms with Crippen molar-refractivity contribution in [1.82, 2.24) is 10.2 Å². The van der Waals surface area contributed by atoms with E-state index in [1.165, 1.54) is 17.3 Å². The molecule has 0 saturated carbocycles. The van der Waals surface area contributed by atoms with Gasteiger partial charge in [-0.25, -0.2) is 0 Å². The van der Waals surface area contributed by atoms with E-state index in [2.05, 4.69) is 32.5 Å². The summed E-state index contributed by atoms with van der Waals surface area (Å²) in [5.74, 6) is 1.91. The lowest BCUT2D eigenvalue weighted by Gasteiger charge is -1.99. The molecule has 0 spiro atoms. The van der Waals surface area contributed by atoms with Gasteiger partial charge in [0.2, 0.25) is 11.8 Å². The third-order valence-electron chi connectivity index (χ3n) is 3.52. The Morgan fingerprint density at radius 3 is 2.58 bits per heavy atom. The highest BCUT2D eigenvalue weighted by Gasteiger charge is 2.06. The summed E-state index contributed by atoms with van der Waals surface area (Å²) in [7, 11) is 0. The topological polar surface area (TPSA) is 89.7 Å². The number of aromatic nitrogens is 2. The molecule has 2 N–H and O–H groups in total. The molecular weight excluding hydrogens is 346 g/mol. The van der Waals surface area contributed by atoms with Crippen molar-refractivity contribution in [3.63, 3.8) is 0 Å². The highest BCUT2D eigenvalue weighted by molar-refractivity contribution is 8.13. The quantitative estimate of drug-likeness (QED) is 0.407. The van der Waals surface area contributed by atoms with E-state index in [9.17, 15) is 0 Å². The van der Waals surface area contributed by atoms with Crippen molar-refractivity contribution >= 4 is 23.1 Å². The van der Waals surface area contributed by atoms with Crippen LogP contribution in [0.4, 0.5) is 0 Å². The normalized spacial score (nSPS) is 12.0. The van der Waals surface area contributed by atoms with Crippen LogP contribution >= 0.6 is 11.8 Å².